The molecule has 4 fully saturated rings. The fourth-order valence-electron chi connectivity index (χ4n) is 6.93. The molecule has 5 heteroatoms. The third-order valence-corrected chi connectivity index (χ3v) is 8.33. The Kier molecular flexibility index (Phi) is 4.37. The van der Waals surface area contributed by atoms with Crippen molar-refractivity contribution in [3.05, 3.63) is 22.9 Å². The number of pyridine rings is 1. The van der Waals surface area contributed by atoms with Crippen LogP contribution in [0.5, 0.6) is 5.88 Å². The van der Waals surface area contributed by atoms with Crippen molar-refractivity contribution in [2.45, 2.75) is 69.9 Å². The van der Waals surface area contributed by atoms with Crippen molar-refractivity contribution >= 4 is 5.91 Å². The van der Waals surface area contributed by atoms with E-state index < -0.39 is 0 Å². The zero-order chi connectivity index (χ0) is 19.5. The maximum Gasteiger partial charge on any atom is 0.259 e. The second-order valence-electron chi connectivity index (χ2n) is 10.2. The molecule has 4 heterocycles. The minimum atomic E-state index is 0.141. The van der Waals surface area contributed by atoms with Crippen LogP contribution in [0.15, 0.2) is 6.07 Å². The van der Waals surface area contributed by atoms with Crippen LogP contribution < -0.4 is 4.74 Å². The summed E-state index contributed by atoms with van der Waals surface area (Å²) in [6, 6.07) is 3.61. The first kappa shape index (κ1) is 18.2. The standard InChI is InChI=1S/C24H33N3O2/c1-29-23-19(11-17-4-2-5-20(17)25-23)24(28)26-12-15-10-18(14-26)22-7-3-6-21(16-8-9-16)27(22)13-15/h11,15-16,18,21-22H,2-10,12-14H2,1H3/t15-,18+,21+,22-/m0/s1. The van der Waals surface area contributed by atoms with E-state index in [1.165, 1.54) is 50.6 Å². The molecule has 4 atom stereocenters. The molecule has 2 bridgehead atoms. The summed E-state index contributed by atoms with van der Waals surface area (Å²) in [5.74, 6) is 2.90. The number of hydrogen-bond acceptors (Lipinski definition) is 4. The Bertz CT molecular complexity index is 821. The third-order valence-electron chi connectivity index (χ3n) is 8.33. The predicted octanol–water partition coefficient (Wildman–Crippen LogP) is 3.30. The number of methoxy groups -OCH3 is 1. The number of carbonyl (C=O) groups excluding carboxylic acids is 1. The summed E-state index contributed by atoms with van der Waals surface area (Å²) in [5, 5.41) is 0. The normalized spacial score (nSPS) is 33.9. The summed E-state index contributed by atoms with van der Waals surface area (Å²) in [6.45, 7) is 3.01. The monoisotopic (exact) mass is 395 g/mol. The van der Waals surface area contributed by atoms with Crippen LogP contribution in [0.4, 0.5) is 0 Å². The lowest BCUT2D eigenvalue weighted by Crippen LogP contribution is -2.62. The number of nitrogens with zero attached hydrogens (tertiary/aromatic N) is 3. The maximum atomic E-state index is 13.5. The van der Waals surface area contributed by atoms with Crippen molar-refractivity contribution in [1.29, 1.82) is 0 Å². The lowest BCUT2D eigenvalue weighted by atomic mass is 9.74. The first-order chi connectivity index (χ1) is 14.2. The molecular weight excluding hydrogens is 362 g/mol. The SMILES string of the molecule is COc1nc2c(cc1C(=O)N1C[C@@H]3C[C@H](C1)[C@@H]1CCC[C@H](C4CC4)N1C3)CCC2. The lowest BCUT2D eigenvalue weighted by molar-refractivity contribution is -0.0551. The number of aromatic nitrogens is 1. The number of carbonyl (C=O) groups is 1. The Morgan fingerprint density at radius 1 is 1.03 bits per heavy atom. The van der Waals surface area contributed by atoms with Crippen molar-refractivity contribution in [3.63, 3.8) is 0 Å². The predicted molar refractivity (Wildman–Crippen MR) is 111 cm³/mol. The molecule has 5 aliphatic rings. The Balaban J connectivity index is 1.24. The van der Waals surface area contributed by atoms with Gasteiger partial charge in [0, 0.05) is 37.4 Å². The number of amides is 1. The molecular formula is C24H33N3O2. The van der Waals surface area contributed by atoms with Crippen molar-refractivity contribution in [1.82, 2.24) is 14.8 Å². The summed E-state index contributed by atoms with van der Waals surface area (Å²) in [4.78, 5) is 23.3. The number of likely N-dealkylation sites (tertiary alicyclic amines) is 1. The van der Waals surface area contributed by atoms with E-state index in [-0.39, 0.29) is 5.91 Å². The average Bonchev–Trinajstić information content (AvgIpc) is 3.49. The van der Waals surface area contributed by atoms with Gasteiger partial charge in [-0.2, -0.15) is 0 Å². The molecule has 0 unspecified atom stereocenters. The molecule has 0 radical (unpaired) electrons. The molecule has 6 rings (SSSR count). The van der Waals surface area contributed by atoms with Crippen molar-refractivity contribution in [2.75, 3.05) is 26.7 Å². The van der Waals surface area contributed by atoms with Crippen molar-refractivity contribution in [2.24, 2.45) is 17.8 Å². The Morgan fingerprint density at radius 2 is 1.86 bits per heavy atom. The molecule has 1 saturated carbocycles. The van der Waals surface area contributed by atoms with Gasteiger partial charge >= 0.3 is 0 Å². The first-order valence-corrected chi connectivity index (χ1v) is 11.8. The molecule has 156 valence electrons. The van der Waals surface area contributed by atoms with Crippen LogP contribution in [0.1, 0.15) is 66.6 Å². The van der Waals surface area contributed by atoms with Gasteiger partial charge in [-0.1, -0.05) is 6.42 Å². The molecule has 0 aromatic carbocycles. The van der Waals surface area contributed by atoms with Crippen LogP contribution >= 0.6 is 0 Å². The van der Waals surface area contributed by atoms with Crippen LogP contribution in [-0.4, -0.2) is 59.5 Å². The van der Waals surface area contributed by atoms with Gasteiger partial charge in [-0.3, -0.25) is 9.69 Å². The Hall–Kier alpha value is -1.62. The highest BCUT2D eigenvalue weighted by Crippen LogP contribution is 2.46. The van der Waals surface area contributed by atoms with Gasteiger partial charge in [-0.15, -0.1) is 0 Å². The van der Waals surface area contributed by atoms with E-state index in [1.807, 2.05) is 0 Å². The Morgan fingerprint density at radius 3 is 2.66 bits per heavy atom. The van der Waals surface area contributed by atoms with Gasteiger partial charge in [0.1, 0.15) is 5.56 Å². The van der Waals surface area contributed by atoms with Gasteiger partial charge in [-0.05, 0) is 80.8 Å². The minimum Gasteiger partial charge on any atom is -0.480 e. The number of fused-ring (bicyclic) bond motifs is 5. The summed E-state index contributed by atoms with van der Waals surface area (Å²) < 4.78 is 5.54. The van der Waals surface area contributed by atoms with Crippen LogP contribution in [-0.2, 0) is 12.8 Å². The quantitative estimate of drug-likeness (QED) is 0.788. The number of aryl methyl sites for hydroxylation is 2. The van der Waals surface area contributed by atoms with Crippen molar-refractivity contribution in [3.8, 4) is 5.88 Å². The van der Waals surface area contributed by atoms with Gasteiger partial charge in [-0.25, -0.2) is 4.98 Å². The summed E-state index contributed by atoms with van der Waals surface area (Å²) in [7, 11) is 1.64. The van der Waals surface area contributed by atoms with E-state index in [0.717, 1.165) is 50.0 Å². The van der Waals surface area contributed by atoms with Crippen LogP contribution in [0.3, 0.4) is 0 Å². The van der Waals surface area contributed by atoms with E-state index in [1.54, 1.807) is 7.11 Å². The molecule has 3 aliphatic heterocycles. The fourth-order valence-corrected chi connectivity index (χ4v) is 6.93. The molecule has 5 nitrogen and oxygen atoms in total. The van der Waals surface area contributed by atoms with E-state index in [0.29, 0.717) is 29.3 Å². The topological polar surface area (TPSA) is 45.7 Å². The van der Waals surface area contributed by atoms with Crippen LogP contribution in [0, 0.1) is 17.8 Å². The molecule has 1 aromatic heterocycles. The molecule has 1 aromatic rings. The first-order valence-electron chi connectivity index (χ1n) is 11.8. The zero-order valence-electron chi connectivity index (χ0n) is 17.6. The Labute approximate surface area is 173 Å². The van der Waals surface area contributed by atoms with Gasteiger partial charge in [0.15, 0.2) is 0 Å². The van der Waals surface area contributed by atoms with Gasteiger partial charge in [0.25, 0.3) is 5.91 Å². The van der Waals surface area contributed by atoms with Crippen LogP contribution in [0.2, 0.25) is 0 Å². The molecule has 1 amide bonds. The largest absolute Gasteiger partial charge is 0.480 e. The number of piperidine rings is 3. The minimum absolute atomic E-state index is 0.141. The summed E-state index contributed by atoms with van der Waals surface area (Å²) in [6.07, 6.45) is 11.5. The number of ether oxygens (including phenoxy) is 1. The van der Waals surface area contributed by atoms with E-state index >= 15 is 0 Å². The molecule has 2 aliphatic carbocycles. The number of rotatable bonds is 3. The second-order valence-corrected chi connectivity index (χ2v) is 10.2. The van der Waals surface area contributed by atoms with E-state index in [2.05, 4.69) is 20.9 Å². The molecule has 0 N–H and O–H groups in total. The zero-order valence-corrected chi connectivity index (χ0v) is 17.6. The highest BCUT2D eigenvalue weighted by Gasteiger charge is 2.48. The molecule has 0 spiro atoms. The fraction of sp³-hybridized carbons (Fsp3) is 0.750. The lowest BCUT2D eigenvalue weighted by Gasteiger charge is -2.55. The smallest absolute Gasteiger partial charge is 0.259 e. The van der Waals surface area contributed by atoms with Crippen LogP contribution in [0.25, 0.3) is 0 Å². The molecule has 3 saturated heterocycles. The molecule has 29 heavy (non-hydrogen) atoms. The summed E-state index contributed by atoms with van der Waals surface area (Å²) in [5.41, 5.74) is 3.06. The maximum absolute atomic E-state index is 13.5. The van der Waals surface area contributed by atoms with Gasteiger partial charge in [0.2, 0.25) is 5.88 Å². The summed E-state index contributed by atoms with van der Waals surface area (Å²) >= 11 is 0. The van der Waals surface area contributed by atoms with E-state index in [4.69, 9.17) is 4.74 Å². The third kappa shape index (κ3) is 3.08. The van der Waals surface area contributed by atoms with E-state index in [9.17, 15) is 4.79 Å². The highest BCUT2D eigenvalue weighted by atomic mass is 16.5. The highest BCUT2D eigenvalue weighted by molar-refractivity contribution is 5.96. The van der Waals surface area contributed by atoms with Gasteiger partial charge < -0.3 is 9.64 Å². The van der Waals surface area contributed by atoms with Crippen molar-refractivity contribution < 1.29 is 9.53 Å². The average molecular weight is 396 g/mol. The van der Waals surface area contributed by atoms with Gasteiger partial charge in [0.05, 0.1) is 7.11 Å². The second kappa shape index (κ2) is 6.97. The number of hydrogen-bond donors (Lipinski definition) is 0.